The molecule has 0 saturated carbocycles. The Labute approximate surface area is 176 Å². The third-order valence-corrected chi connectivity index (χ3v) is 4.81. The van der Waals surface area contributed by atoms with Crippen LogP contribution in [-0.4, -0.2) is 67.0 Å². The number of hydrogen-bond donors (Lipinski definition) is 1. The fourth-order valence-corrected chi connectivity index (χ4v) is 3.23. The molecule has 2 aromatic rings. The minimum absolute atomic E-state index is 0.0803. The number of guanidine groups is 1. The maximum absolute atomic E-state index is 12.4. The predicted octanol–water partition coefficient (Wildman–Crippen LogP) is 2.38. The van der Waals surface area contributed by atoms with Crippen LogP contribution in [0, 0.1) is 0 Å². The Morgan fingerprint density at radius 2 is 1.77 bits per heavy atom. The van der Waals surface area contributed by atoms with Crippen molar-refractivity contribution in [2.75, 3.05) is 39.3 Å². The van der Waals surface area contributed by atoms with E-state index < -0.39 is 0 Å². The Morgan fingerprint density at radius 1 is 1.07 bits per heavy atom. The van der Waals surface area contributed by atoms with Gasteiger partial charge in [0.05, 0.1) is 25.0 Å². The topological polar surface area (TPSA) is 87.4 Å². The summed E-state index contributed by atoms with van der Waals surface area (Å²) < 4.78 is 10.2. The van der Waals surface area contributed by atoms with Gasteiger partial charge >= 0.3 is 5.97 Å². The Balaban J connectivity index is 1.58. The van der Waals surface area contributed by atoms with Crippen molar-refractivity contribution in [1.82, 2.24) is 15.1 Å². The zero-order valence-electron chi connectivity index (χ0n) is 17.5. The highest BCUT2D eigenvalue weighted by Crippen LogP contribution is 2.11. The number of hydrogen-bond acceptors (Lipinski definition) is 5. The number of rotatable bonds is 6. The average Bonchev–Trinajstić information content (AvgIpc) is 3.32. The third-order valence-electron chi connectivity index (χ3n) is 4.81. The van der Waals surface area contributed by atoms with E-state index in [1.807, 2.05) is 19.1 Å². The Kier molecular flexibility index (Phi) is 7.48. The Morgan fingerprint density at radius 3 is 2.37 bits per heavy atom. The van der Waals surface area contributed by atoms with Crippen LogP contribution in [0.15, 0.2) is 52.1 Å². The van der Waals surface area contributed by atoms with E-state index in [-0.39, 0.29) is 11.9 Å². The third kappa shape index (κ3) is 5.40. The highest BCUT2D eigenvalue weighted by Gasteiger charge is 2.25. The second-order valence-corrected chi connectivity index (χ2v) is 6.84. The molecular formula is C22H28N4O4. The lowest BCUT2D eigenvalue weighted by molar-refractivity contribution is 0.0526. The SMILES string of the molecule is CCNC(=NCc1ccc(C(=O)OCC)cc1)N1CCN(C(=O)c2ccco2)CC1. The van der Waals surface area contributed by atoms with E-state index in [1.165, 1.54) is 6.26 Å². The van der Waals surface area contributed by atoms with Crippen LogP contribution in [0.3, 0.4) is 0 Å². The molecule has 8 nitrogen and oxygen atoms in total. The van der Waals surface area contributed by atoms with Gasteiger partial charge in [0, 0.05) is 32.7 Å². The minimum Gasteiger partial charge on any atom is -0.462 e. The molecule has 0 aliphatic carbocycles. The van der Waals surface area contributed by atoms with Gasteiger partial charge in [0.25, 0.3) is 5.91 Å². The first kappa shape index (κ1) is 21.4. The van der Waals surface area contributed by atoms with Crippen LogP contribution in [-0.2, 0) is 11.3 Å². The van der Waals surface area contributed by atoms with Crippen LogP contribution in [0.25, 0.3) is 0 Å². The molecule has 1 aromatic carbocycles. The van der Waals surface area contributed by atoms with Crippen molar-refractivity contribution in [3.05, 3.63) is 59.5 Å². The molecule has 1 N–H and O–H groups in total. The molecule has 30 heavy (non-hydrogen) atoms. The molecule has 1 aliphatic rings. The molecule has 160 valence electrons. The largest absolute Gasteiger partial charge is 0.462 e. The van der Waals surface area contributed by atoms with Gasteiger partial charge in [-0.2, -0.15) is 0 Å². The standard InChI is InChI=1S/C22H28N4O4/c1-3-23-22(24-16-17-7-9-18(10-8-17)21(28)29-4-2)26-13-11-25(12-14-26)20(27)19-6-5-15-30-19/h5-10,15H,3-4,11-14,16H2,1-2H3,(H,23,24). The first-order valence-corrected chi connectivity index (χ1v) is 10.2. The second kappa shape index (κ2) is 10.5. The normalized spacial score (nSPS) is 14.5. The molecule has 1 amide bonds. The van der Waals surface area contributed by atoms with E-state index in [4.69, 9.17) is 14.1 Å². The van der Waals surface area contributed by atoms with Gasteiger partial charge in [-0.15, -0.1) is 0 Å². The van der Waals surface area contributed by atoms with E-state index in [0.29, 0.717) is 50.7 Å². The molecule has 0 unspecified atom stereocenters. The van der Waals surface area contributed by atoms with Crippen molar-refractivity contribution in [3.8, 4) is 0 Å². The molecule has 2 heterocycles. The van der Waals surface area contributed by atoms with Crippen LogP contribution < -0.4 is 5.32 Å². The maximum atomic E-state index is 12.4. The monoisotopic (exact) mass is 412 g/mol. The number of benzene rings is 1. The number of carbonyl (C=O) groups is 2. The van der Waals surface area contributed by atoms with E-state index >= 15 is 0 Å². The van der Waals surface area contributed by atoms with Crippen molar-refractivity contribution in [3.63, 3.8) is 0 Å². The summed E-state index contributed by atoms with van der Waals surface area (Å²) in [6.45, 7) is 8.04. The van der Waals surface area contributed by atoms with Crippen LogP contribution in [0.4, 0.5) is 0 Å². The lowest BCUT2D eigenvalue weighted by Gasteiger charge is -2.36. The van der Waals surface area contributed by atoms with E-state index in [2.05, 4.69) is 10.2 Å². The summed E-state index contributed by atoms with van der Waals surface area (Å²) in [6.07, 6.45) is 1.51. The summed E-state index contributed by atoms with van der Waals surface area (Å²) in [7, 11) is 0. The van der Waals surface area contributed by atoms with Crippen LogP contribution in [0.5, 0.6) is 0 Å². The van der Waals surface area contributed by atoms with E-state index in [0.717, 1.165) is 18.1 Å². The number of nitrogens with zero attached hydrogens (tertiary/aromatic N) is 3. The molecule has 1 saturated heterocycles. The fraction of sp³-hybridized carbons (Fsp3) is 0.409. The summed E-state index contributed by atoms with van der Waals surface area (Å²) >= 11 is 0. The van der Waals surface area contributed by atoms with Gasteiger partial charge in [0.15, 0.2) is 11.7 Å². The number of carbonyl (C=O) groups excluding carboxylic acids is 2. The minimum atomic E-state index is -0.317. The van der Waals surface area contributed by atoms with Gasteiger partial charge in [-0.05, 0) is 43.7 Å². The summed E-state index contributed by atoms with van der Waals surface area (Å²) in [5.74, 6) is 0.790. The molecule has 8 heteroatoms. The van der Waals surface area contributed by atoms with Crippen molar-refractivity contribution in [2.45, 2.75) is 20.4 Å². The van der Waals surface area contributed by atoms with Crippen molar-refractivity contribution >= 4 is 17.8 Å². The molecule has 1 fully saturated rings. The van der Waals surface area contributed by atoms with E-state index in [9.17, 15) is 9.59 Å². The first-order chi connectivity index (χ1) is 14.6. The zero-order chi connectivity index (χ0) is 21.3. The highest BCUT2D eigenvalue weighted by molar-refractivity contribution is 5.91. The van der Waals surface area contributed by atoms with Crippen molar-refractivity contribution in [1.29, 1.82) is 0 Å². The molecule has 0 radical (unpaired) electrons. The van der Waals surface area contributed by atoms with Gasteiger partial charge in [-0.25, -0.2) is 9.79 Å². The fourth-order valence-electron chi connectivity index (χ4n) is 3.23. The summed E-state index contributed by atoms with van der Waals surface area (Å²) in [5.41, 5.74) is 1.54. The van der Waals surface area contributed by atoms with Gasteiger partial charge in [-0.1, -0.05) is 12.1 Å². The number of esters is 1. The van der Waals surface area contributed by atoms with Gasteiger partial charge in [-0.3, -0.25) is 4.79 Å². The van der Waals surface area contributed by atoms with Gasteiger partial charge in [0.1, 0.15) is 0 Å². The summed E-state index contributed by atoms with van der Waals surface area (Å²) in [5, 5.41) is 3.32. The smallest absolute Gasteiger partial charge is 0.338 e. The molecular weight excluding hydrogens is 384 g/mol. The van der Waals surface area contributed by atoms with Crippen LogP contribution in [0.2, 0.25) is 0 Å². The zero-order valence-corrected chi connectivity index (χ0v) is 17.5. The van der Waals surface area contributed by atoms with Gasteiger partial charge in [0.2, 0.25) is 0 Å². The van der Waals surface area contributed by atoms with Gasteiger partial charge < -0.3 is 24.3 Å². The first-order valence-electron chi connectivity index (χ1n) is 10.2. The van der Waals surface area contributed by atoms with Crippen molar-refractivity contribution in [2.24, 2.45) is 4.99 Å². The molecule has 0 atom stereocenters. The predicted molar refractivity (Wildman–Crippen MR) is 113 cm³/mol. The number of amides is 1. The maximum Gasteiger partial charge on any atom is 0.338 e. The number of ether oxygens (including phenoxy) is 1. The summed E-state index contributed by atoms with van der Waals surface area (Å²) in [4.78, 5) is 32.9. The van der Waals surface area contributed by atoms with Crippen LogP contribution in [0.1, 0.15) is 40.3 Å². The molecule has 1 aliphatic heterocycles. The Hall–Kier alpha value is -3.29. The molecule has 0 spiro atoms. The lowest BCUT2D eigenvalue weighted by atomic mass is 10.1. The number of furan rings is 1. The number of aliphatic imine (C=N–C) groups is 1. The molecule has 0 bridgehead atoms. The second-order valence-electron chi connectivity index (χ2n) is 6.84. The van der Waals surface area contributed by atoms with Crippen LogP contribution >= 0.6 is 0 Å². The average molecular weight is 412 g/mol. The quantitative estimate of drug-likeness (QED) is 0.445. The highest BCUT2D eigenvalue weighted by atomic mass is 16.5. The molecule has 3 rings (SSSR count). The van der Waals surface area contributed by atoms with E-state index in [1.54, 1.807) is 36.1 Å². The Bertz CT molecular complexity index is 854. The van der Waals surface area contributed by atoms with Crippen molar-refractivity contribution < 1.29 is 18.7 Å². The lowest BCUT2D eigenvalue weighted by Crippen LogP contribution is -2.53. The number of nitrogens with one attached hydrogen (secondary N) is 1. The molecule has 1 aromatic heterocycles. The number of piperazine rings is 1. The summed E-state index contributed by atoms with van der Waals surface area (Å²) in [6, 6.07) is 10.7.